The SMILES string of the molecule is Cc1[nH]ccc1C(=O)NC(C)Cc1cccnc1. The number of hydrogen-bond donors (Lipinski definition) is 2. The lowest BCUT2D eigenvalue weighted by Crippen LogP contribution is -2.34. The van der Waals surface area contributed by atoms with E-state index in [-0.39, 0.29) is 11.9 Å². The second-order valence-electron chi connectivity index (χ2n) is 4.46. The summed E-state index contributed by atoms with van der Waals surface area (Å²) in [5.74, 6) is -0.0369. The van der Waals surface area contributed by atoms with Crippen LogP contribution in [-0.4, -0.2) is 21.9 Å². The molecule has 0 aliphatic rings. The molecule has 0 bridgehead atoms. The van der Waals surface area contributed by atoms with Crippen LogP contribution in [-0.2, 0) is 6.42 Å². The number of nitrogens with one attached hydrogen (secondary N) is 2. The number of aromatic nitrogens is 2. The Morgan fingerprint density at radius 2 is 2.33 bits per heavy atom. The van der Waals surface area contributed by atoms with Crippen LogP contribution in [0, 0.1) is 6.92 Å². The van der Waals surface area contributed by atoms with Crippen LogP contribution in [0.1, 0.15) is 28.5 Å². The Morgan fingerprint density at radius 3 is 2.94 bits per heavy atom. The molecule has 0 fully saturated rings. The van der Waals surface area contributed by atoms with E-state index < -0.39 is 0 Å². The number of aromatic amines is 1. The highest BCUT2D eigenvalue weighted by molar-refractivity contribution is 5.95. The molecule has 0 aliphatic heterocycles. The number of carbonyl (C=O) groups is 1. The summed E-state index contributed by atoms with van der Waals surface area (Å²) in [5, 5.41) is 2.98. The predicted molar refractivity (Wildman–Crippen MR) is 70.4 cm³/mol. The largest absolute Gasteiger partial charge is 0.365 e. The topological polar surface area (TPSA) is 57.8 Å². The van der Waals surface area contributed by atoms with Crippen LogP contribution in [0.4, 0.5) is 0 Å². The van der Waals surface area contributed by atoms with E-state index >= 15 is 0 Å². The summed E-state index contributed by atoms with van der Waals surface area (Å²) in [6.07, 6.45) is 6.12. The van der Waals surface area contributed by atoms with Gasteiger partial charge in [-0.1, -0.05) is 6.07 Å². The first kappa shape index (κ1) is 12.4. The van der Waals surface area contributed by atoms with Crippen molar-refractivity contribution in [1.29, 1.82) is 0 Å². The van der Waals surface area contributed by atoms with Crippen LogP contribution >= 0.6 is 0 Å². The number of rotatable bonds is 4. The molecule has 2 N–H and O–H groups in total. The van der Waals surface area contributed by atoms with E-state index in [9.17, 15) is 4.79 Å². The summed E-state index contributed by atoms with van der Waals surface area (Å²) in [7, 11) is 0. The third-order valence-electron chi connectivity index (χ3n) is 2.84. The molecule has 0 aliphatic carbocycles. The zero-order chi connectivity index (χ0) is 13.0. The molecule has 94 valence electrons. The van der Waals surface area contributed by atoms with E-state index in [0.717, 1.165) is 17.7 Å². The monoisotopic (exact) mass is 243 g/mol. The molecule has 0 aromatic carbocycles. The number of hydrogen-bond acceptors (Lipinski definition) is 2. The Balaban J connectivity index is 1.94. The Bertz CT molecular complexity index is 519. The van der Waals surface area contributed by atoms with Crippen LogP contribution in [0.25, 0.3) is 0 Å². The summed E-state index contributed by atoms with van der Waals surface area (Å²) in [5.41, 5.74) is 2.71. The zero-order valence-electron chi connectivity index (χ0n) is 10.6. The van der Waals surface area contributed by atoms with Crippen LogP contribution in [0.5, 0.6) is 0 Å². The Labute approximate surface area is 106 Å². The van der Waals surface area contributed by atoms with Crippen molar-refractivity contribution in [1.82, 2.24) is 15.3 Å². The molecule has 0 saturated carbocycles. The van der Waals surface area contributed by atoms with Crippen molar-refractivity contribution in [2.45, 2.75) is 26.3 Å². The molecule has 2 aromatic rings. The van der Waals surface area contributed by atoms with Gasteiger partial charge in [-0.2, -0.15) is 0 Å². The second kappa shape index (κ2) is 5.49. The molecule has 4 heteroatoms. The maximum atomic E-state index is 12.0. The average molecular weight is 243 g/mol. The van der Waals surface area contributed by atoms with Crippen LogP contribution in [0.15, 0.2) is 36.8 Å². The number of amides is 1. The lowest BCUT2D eigenvalue weighted by Gasteiger charge is -2.13. The summed E-state index contributed by atoms with van der Waals surface area (Å²) >= 11 is 0. The molecule has 1 unspecified atom stereocenters. The van der Waals surface area contributed by atoms with Gasteiger partial charge in [0, 0.05) is 30.3 Å². The first-order valence-electron chi connectivity index (χ1n) is 6.00. The molecule has 1 amide bonds. The molecule has 2 aromatic heterocycles. The van der Waals surface area contributed by atoms with Crippen LogP contribution in [0.3, 0.4) is 0 Å². The highest BCUT2D eigenvalue weighted by Gasteiger charge is 2.12. The van der Waals surface area contributed by atoms with Crippen molar-refractivity contribution >= 4 is 5.91 Å². The van der Waals surface area contributed by atoms with E-state index in [1.54, 1.807) is 18.5 Å². The zero-order valence-corrected chi connectivity index (χ0v) is 10.6. The number of pyridine rings is 1. The normalized spacial score (nSPS) is 12.1. The highest BCUT2D eigenvalue weighted by atomic mass is 16.1. The summed E-state index contributed by atoms with van der Waals surface area (Å²) in [6, 6.07) is 5.79. The molecule has 0 spiro atoms. The van der Waals surface area contributed by atoms with Crippen molar-refractivity contribution < 1.29 is 4.79 Å². The number of H-pyrrole nitrogens is 1. The van der Waals surface area contributed by atoms with Crippen molar-refractivity contribution in [2.24, 2.45) is 0 Å². The van der Waals surface area contributed by atoms with Gasteiger partial charge in [-0.15, -0.1) is 0 Å². The van der Waals surface area contributed by atoms with E-state index in [2.05, 4.69) is 15.3 Å². The van der Waals surface area contributed by atoms with E-state index in [1.165, 1.54) is 0 Å². The van der Waals surface area contributed by atoms with E-state index in [1.807, 2.05) is 32.2 Å². The Hall–Kier alpha value is -2.10. The number of carbonyl (C=O) groups excluding carboxylic acids is 1. The molecule has 1 atom stereocenters. The number of aryl methyl sites for hydroxylation is 1. The fraction of sp³-hybridized carbons (Fsp3) is 0.286. The molecule has 4 nitrogen and oxygen atoms in total. The van der Waals surface area contributed by atoms with Gasteiger partial charge in [-0.3, -0.25) is 9.78 Å². The van der Waals surface area contributed by atoms with Crippen molar-refractivity contribution in [2.75, 3.05) is 0 Å². The lowest BCUT2D eigenvalue weighted by molar-refractivity contribution is 0.0939. The predicted octanol–water partition coefficient (Wildman–Crippen LogP) is 2.08. The molecule has 2 heterocycles. The minimum atomic E-state index is -0.0369. The molecule has 0 radical (unpaired) electrons. The van der Waals surface area contributed by atoms with Gasteiger partial charge in [0.2, 0.25) is 0 Å². The molecule has 18 heavy (non-hydrogen) atoms. The maximum absolute atomic E-state index is 12.0. The fourth-order valence-electron chi connectivity index (χ4n) is 1.92. The van der Waals surface area contributed by atoms with Gasteiger partial charge in [0.15, 0.2) is 0 Å². The molecule has 2 rings (SSSR count). The van der Waals surface area contributed by atoms with Crippen molar-refractivity contribution in [3.63, 3.8) is 0 Å². The molecule has 0 saturated heterocycles. The minimum Gasteiger partial charge on any atom is -0.365 e. The Kier molecular flexibility index (Phi) is 3.77. The second-order valence-corrected chi connectivity index (χ2v) is 4.46. The van der Waals surface area contributed by atoms with Crippen LogP contribution in [0.2, 0.25) is 0 Å². The summed E-state index contributed by atoms with van der Waals surface area (Å²) < 4.78 is 0. The van der Waals surface area contributed by atoms with Gasteiger partial charge in [-0.25, -0.2) is 0 Å². The van der Waals surface area contributed by atoms with Gasteiger partial charge in [0.05, 0.1) is 5.56 Å². The van der Waals surface area contributed by atoms with E-state index in [4.69, 9.17) is 0 Å². The van der Waals surface area contributed by atoms with Gasteiger partial charge in [0.1, 0.15) is 0 Å². The first-order valence-corrected chi connectivity index (χ1v) is 6.00. The minimum absolute atomic E-state index is 0.0369. The van der Waals surface area contributed by atoms with Gasteiger partial charge in [0.25, 0.3) is 5.91 Å². The summed E-state index contributed by atoms with van der Waals surface area (Å²) in [4.78, 5) is 19.0. The fourth-order valence-corrected chi connectivity index (χ4v) is 1.92. The maximum Gasteiger partial charge on any atom is 0.253 e. The lowest BCUT2D eigenvalue weighted by atomic mass is 10.1. The third-order valence-corrected chi connectivity index (χ3v) is 2.84. The first-order chi connectivity index (χ1) is 8.66. The van der Waals surface area contributed by atoms with Gasteiger partial charge in [-0.05, 0) is 38.0 Å². The smallest absolute Gasteiger partial charge is 0.253 e. The van der Waals surface area contributed by atoms with Gasteiger partial charge >= 0.3 is 0 Å². The number of nitrogens with zero attached hydrogens (tertiary/aromatic N) is 1. The summed E-state index contributed by atoms with van der Waals surface area (Å²) in [6.45, 7) is 3.88. The third kappa shape index (κ3) is 2.97. The quantitative estimate of drug-likeness (QED) is 0.863. The highest BCUT2D eigenvalue weighted by Crippen LogP contribution is 2.06. The Morgan fingerprint density at radius 1 is 1.50 bits per heavy atom. The van der Waals surface area contributed by atoms with Crippen molar-refractivity contribution in [3.05, 3.63) is 53.6 Å². The van der Waals surface area contributed by atoms with Gasteiger partial charge < -0.3 is 10.3 Å². The van der Waals surface area contributed by atoms with Crippen LogP contribution < -0.4 is 5.32 Å². The average Bonchev–Trinajstić information content (AvgIpc) is 2.76. The standard InChI is InChI=1S/C14H17N3O/c1-10(8-12-4-3-6-15-9-12)17-14(18)13-5-7-16-11(13)2/h3-7,9-10,16H,8H2,1-2H3,(H,17,18). The molecular formula is C14H17N3O. The molecular weight excluding hydrogens is 226 g/mol. The van der Waals surface area contributed by atoms with E-state index in [0.29, 0.717) is 5.56 Å². The van der Waals surface area contributed by atoms with Crippen molar-refractivity contribution in [3.8, 4) is 0 Å².